The molecule has 0 saturated heterocycles. The molecular weight excluding hydrogens is 178 g/mol. The topological polar surface area (TPSA) is 46.3 Å². The summed E-state index contributed by atoms with van der Waals surface area (Å²) < 4.78 is 5.20. The molecule has 1 N–H and O–H groups in total. The third kappa shape index (κ3) is 1.61. The summed E-state index contributed by atoms with van der Waals surface area (Å²) in [6.07, 6.45) is 2.59. The normalized spacial score (nSPS) is 12.1. The Labute approximate surface area is 81.4 Å². The van der Waals surface area contributed by atoms with Crippen LogP contribution in [-0.2, 0) is 0 Å². The van der Waals surface area contributed by atoms with Gasteiger partial charge in [0.15, 0.2) is 0 Å². The van der Waals surface area contributed by atoms with Crippen LogP contribution in [0.5, 0.6) is 0 Å². The van der Waals surface area contributed by atoms with E-state index in [1.807, 2.05) is 6.07 Å². The van der Waals surface area contributed by atoms with Gasteiger partial charge < -0.3 is 9.52 Å². The number of pyridine rings is 1. The first-order valence-electron chi connectivity index (χ1n) is 4.29. The summed E-state index contributed by atoms with van der Waals surface area (Å²) in [5, 5.41) is 9.89. The highest BCUT2D eigenvalue weighted by Gasteiger charge is 2.01. The number of hydrogen-bond acceptors (Lipinski definition) is 3. The zero-order valence-corrected chi connectivity index (χ0v) is 7.69. The van der Waals surface area contributed by atoms with E-state index >= 15 is 0 Å². The zero-order valence-electron chi connectivity index (χ0n) is 7.69. The van der Waals surface area contributed by atoms with E-state index in [2.05, 4.69) is 16.8 Å². The van der Waals surface area contributed by atoms with Gasteiger partial charge in [0.1, 0.15) is 17.4 Å². The summed E-state index contributed by atoms with van der Waals surface area (Å²) in [6.45, 7) is 1.61. The monoisotopic (exact) mass is 187 g/mol. The van der Waals surface area contributed by atoms with Gasteiger partial charge in [0.25, 0.3) is 0 Å². The van der Waals surface area contributed by atoms with E-state index < -0.39 is 6.10 Å². The highest BCUT2D eigenvalue weighted by Crippen LogP contribution is 2.16. The minimum absolute atomic E-state index is 0.636. The van der Waals surface area contributed by atoms with E-state index in [-0.39, 0.29) is 0 Å². The first kappa shape index (κ1) is 8.79. The van der Waals surface area contributed by atoms with Gasteiger partial charge in [0, 0.05) is 6.20 Å². The molecular formula is C11H9NO2. The van der Waals surface area contributed by atoms with Crippen molar-refractivity contribution in [1.29, 1.82) is 0 Å². The van der Waals surface area contributed by atoms with Crippen LogP contribution in [0.1, 0.15) is 12.6 Å². The molecule has 3 nitrogen and oxygen atoms in total. The summed E-state index contributed by atoms with van der Waals surface area (Å²) >= 11 is 0. The lowest BCUT2D eigenvalue weighted by Crippen LogP contribution is -1.93. The van der Waals surface area contributed by atoms with Crippen molar-refractivity contribution in [3.05, 3.63) is 30.3 Å². The smallest absolute Gasteiger partial charge is 0.138 e. The zero-order chi connectivity index (χ0) is 9.97. The molecule has 1 atom stereocenters. The van der Waals surface area contributed by atoms with Gasteiger partial charge in [-0.1, -0.05) is 5.92 Å². The van der Waals surface area contributed by atoms with Crippen LogP contribution in [0.4, 0.5) is 0 Å². The fourth-order valence-corrected chi connectivity index (χ4v) is 1.17. The second kappa shape index (κ2) is 3.52. The van der Waals surface area contributed by atoms with E-state index in [0.29, 0.717) is 5.69 Å². The largest absolute Gasteiger partial charge is 0.464 e. The third-order valence-electron chi connectivity index (χ3n) is 1.78. The predicted octanol–water partition coefficient (Wildman–Crippen LogP) is 1.56. The second-order valence-corrected chi connectivity index (χ2v) is 2.94. The van der Waals surface area contributed by atoms with Gasteiger partial charge in [-0.15, -0.1) is 0 Å². The maximum absolute atomic E-state index is 9.01. The van der Waals surface area contributed by atoms with Crippen molar-refractivity contribution < 1.29 is 9.52 Å². The van der Waals surface area contributed by atoms with Crippen LogP contribution in [0.3, 0.4) is 0 Å². The summed E-state index contributed by atoms with van der Waals surface area (Å²) in [4.78, 5) is 4.11. The van der Waals surface area contributed by atoms with Crippen LogP contribution in [0.25, 0.3) is 11.0 Å². The minimum Gasteiger partial charge on any atom is -0.464 e. The average molecular weight is 187 g/mol. The molecule has 0 aliphatic carbocycles. The average Bonchev–Trinajstić information content (AvgIpc) is 2.62. The van der Waals surface area contributed by atoms with E-state index in [0.717, 1.165) is 11.0 Å². The Kier molecular flexibility index (Phi) is 2.21. The Balaban J connectivity index is 2.53. The molecule has 0 unspecified atom stereocenters. The Morgan fingerprint density at radius 1 is 1.50 bits per heavy atom. The maximum Gasteiger partial charge on any atom is 0.138 e. The summed E-state index contributed by atoms with van der Waals surface area (Å²) in [5.74, 6) is 5.45. The molecule has 2 rings (SSSR count). The van der Waals surface area contributed by atoms with Gasteiger partial charge in [0.05, 0.1) is 11.6 Å². The molecule has 0 aliphatic rings. The van der Waals surface area contributed by atoms with E-state index in [1.54, 1.807) is 25.5 Å². The van der Waals surface area contributed by atoms with Crippen molar-refractivity contribution >= 4 is 11.0 Å². The van der Waals surface area contributed by atoms with Gasteiger partial charge in [-0.2, -0.15) is 0 Å². The van der Waals surface area contributed by atoms with Crippen LogP contribution in [-0.4, -0.2) is 16.2 Å². The van der Waals surface area contributed by atoms with Gasteiger partial charge in [-0.05, 0) is 25.0 Å². The van der Waals surface area contributed by atoms with Crippen molar-refractivity contribution in [2.24, 2.45) is 0 Å². The van der Waals surface area contributed by atoms with E-state index in [1.165, 1.54) is 0 Å². The molecule has 3 heteroatoms. The van der Waals surface area contributed by atoms with Crippen molar-refractivity contribution in [2.75, 3.05) is 0 Å². The van der Waals surface area contributed by atoms with Crippen molar-refractivity contribution in [3.63, 3.8) is 0 Å². The molecule has 14 heavy (non-hydrogen) atoms. The van der Waals surface area contributed by atoms with E-state index in [4.69, 9.17) is 9.52 Å². The lowest BCUT2D eigenvalue weighted by atomic mass is 10.2. The lowest BCUT2D eigenvalue weighted by molar-refractivity contribution is 0.253. The summed E-state index contributed by atoms with van der Waals surface area (Å²) in [5.41, 5.74) is 1.40. The first-order chi connectivity index (χ1) is 6.77. The molecule has 0 saturated carbocycles. The number of furan rings is 1. The van der Waals surface area contributed by atoms with Crippen LogP contribution in [0.2, 0.25) is 0 Å². The lowest BCUT2D eigenvalue weighted by Gasteiger charge is -1.92. The highest BCUT2D eigenvalue weighted by molar-refractivity contribution is 5.81. The molecule has 2 aromatic rings. The molecule has 0 spiro atoms. The van der Waals surface area contributed by atoms with Crippen LogP contribution < -0.4 is 0 Å². The number of aromatic nitrogens is 1. The van der Waals surface area contributed by atoms with Crippen LogP contribution in [0.15, 0.2) is 29.0 Å². The number of aliphatic hydroxyl groups excluding tert-OH is 1. The molecule has 0 aromatic carbocycles. The number of rotatable bonds is 0. The molecule has 0 aliphatic heterocycles. The van der Waals surface area contributed by atoms with Crippen molar-refractivity contribution in [2.45, 2.75) is 13.0 Å². The van der Waals surface area contributed by atoms with E-state index in [9.17, 15) is 0 Å². The fourth-order valence-electron chi connectivity index (χ4n) is 1.17. The Bertz CT molecular complexity index is 502. The van der Waals surface area contributed by atoms with Gasteiger partial charge in [-0.25, -0.2) is 4.98 Å². The second-order valence-electron chi connectivity index (χ2n) is 2.94. The van der Waals surface area contributed by atoms with Gasteiger partial charge in [0.2, 0.25) is 0 Å². The molecule has 0 fully saturated rings. The third-order valence-corrected chi connectivity index (χ3v) is 1.78. The highest BCUT2D eigenvalue weighted by atomic mass is 16.3. The Hall–Kier alpha value is -1.79. The summed E-state index contributed by atoms with van der Waals surface area (Å²) in [7, 11) is 0. The molecule has 2 heterocycles. The number of nitrogens with zero attached hydrogens (tertiary/aromatic N) is 1. The molecule has 2 aromatic heterocycles. The molecule has 0 bridgehead atoms. The Morgan fingerprint density at radius 3 is 3.14 bits per heavy atom. The molecule has 0 amide bonds. The molecule has 0 radical (unpaired) electrons. The maximum atomic E-state index is 9.01. The fraction of sp³-hybridized carbons (Fsp3) is 0.182. The standard InChI is InChI=1S/C11H9NO2/c1-8(13)2-3-10-9-5-7-14-11(9)4-6-12-10/h4-8,13H,1H3/t8-/m0/s1. The number of hydrogen-bond donors (Lipinski definition) is 1. The Morgan fingerprint density at radius 2 is 2.36 bits per heavy atom. The van der Waals surface area contributed by atoms with Crippen LogP contribution in [0, 0.1) is 11.8 Å². The van der Waals surface area contributed by atoms with Gasteiger partial charge in [-0.3, -0.25) is 0 Å². The SMILES string of the molecule is C[C@H](O)C#Cc1nccc2occc12. The number of fused-ring (bicyclic) bond motifs is 1. The summed E-state index contributed by atoms with van der Waals surface area (Å²) in [6, 6.07) is 3.59. The van der Waals surface area contributed by atoms with Gasteiger partial charge >= 0.3 is 0 Å². The first-order valence-corrected chi connectivity index (χ1v) is 4.29. The quantitative estimate of drug-likeness (QED) is 0.636. The minimum atomic E-state index is -0.640. The van der Waals surface area contributed by atoms with Crippen molar-refractivity contribution in [3.8, 4) is 11.8 Å². The molecule has 70 valence electrons. The van der Waals surface area contributed by atoms with Crippen molar-refractivity contribution in [1.82, 2.24) is 4.98 Å². The predicted molar refractivity (Wildman–Crippen MR) is 52.6 cm³/mol. The van der Waals surface area contributed by atoms with Crippen LogP contribution >= 0.6 is 0 Å². The number of aliphatic hydroxyl groups is 1.